The number of hydrogen-bond acceptors (Lipinski definition) is 2. The molecule has 0 unspecified atom stereocenters. The van der Waals surface area contributed by atoms with Gasteiger partial charge in [-0.15, -0.1) is 0 Å². The van der Waals surface area contributed by atoms with E-state index in [9.17, 15) is 8.78 Å². The minimum Gasteiger partial charge on any atom is -0.249 e. The average molecular weight is 611 g/mol. The highest BCUT2D eigenvalue weighted by Crippen LogP contribution is 2.63. The van der Waals surface area contributed by atoms with Gasteiger partial charge in [0, 0.05) is 16.7 Å². The molecule has 1 aromatic heterocycles. The second-order valence-corrected chi connectivity index (χ2v) is 12.5. The summed E-state index contributed by atoms with van der Waals surface area (Å²) in [5.41, 5.74) is 15.5. The summed E-state index contributed by atoms with van der Waals surface area (Å²) in [6.45, 7) is 3.84. The second kappa shape index (κ2) is 10.1. The van der Waals surface area contributed by atoms with E-state index in [1.165, 1.54) is 68.8 Å². The van der Waals surface area contributed by atoms with Crippen molar-refractivity contribution in [1.29, 1.82) is 0 Å². The van der Waals surface area contributed by atoms with Crippen LogP contribution in [0.5, 0.6) is 0 Å². The molecule has 0 bridgehead atoms. The zero-order valence-electron chi connectivity index (χ0n) is 25.9. The van der Waals surface area contributed by atoms with Crippen LogP contribution in [0.4, 0.5) is 8.78 Å². The summed E-state index contributed by atoms with van der Waals surface area (Å²) in [7, 11) is 0. The van der Waals surface area contributed by atoms with E-state index in [0.717, 1.165) is 33.6 Å². The van der Waals surface area contributed by atoms with Crippen molar-refractivity contribution in [3.05, 3.63) is 179 Å². The second-order valence-electron chi connectivity index (χ2n) is 12.5. The van der Waals surface area contributed by atoms with Crippen molar-refractivity contribution >= 4 is 0 Å². The standard InChI is InChI=1S/C43H28F2N2/c1-25-23-30(45)20-22-31(25)42-41(27-15-18-29(44)19-16-27)47-40(26(2)46-42)28-17-21-35-34-11-5-8-14-38(34)43(39(35)24-28)36-12-6-3-9-32(36)33-10-4-7-13-37(33)43/h3-24H,1-2H3. The molecule has 0 radical (unpaired) electrons. The Labute approximate surface area is 272 Å². The van der Waals surface area contributed by atoms with Gasteiger partial charge in [0.25, 0.3) is 0 Å². The molecule has 7 aromatic rings. The van der Waals surface area contributed by atoms with E-state index in [0.29, 0.717) is 11.4 Å². The molecule has 2 aliphatic carbocycles. The van der Waals surface area contributed by atoms with Crippen LogP contribution >= 0.6 is 0 Å². The Balaban J connectivity index is 1.31. The molecule has 4 heteroatoms. The van der Waals surface area contributed by atoms with Gasteiger partial charge in [0.15, 0.2) is 0 Å². The van der Waals surface area contributed by atoms with Gasteiger partial charge < -0.3 is 0 Å². The van der Waals surface area contributed by atoms with Gasteiger partial charge in [0.05, 0.1) is 28.2 Å². The first-order chi connectivity index (χ1) is 22.9. The van der Waals surface area contributed by atoms with Crippen molar-refractivity contribution in [2.24, 2.45) is 0 Å². The molecule has 6 aromatic carbocycles. The molecule has 0 saturated heterocycles. The predicted molar refractivity (Wildman–Crippen MR) is 184 cm³/mol. The Hall–Kier alpha value is -5.74. The normalized spacial score (nSPS) is 13.3. The lowest BCUT2D eigenvalue weighted by Crippen LogP contribution is -2.25. The first kappa shape index (κ1) is 27.6. The molecule has 0 N–H and O–H groups in total. The van der Waals surface area contributed by atoms with Gasteiger partial charge >= 0.3 is 0 Å². The van der Waals surface area contributed by atoms with E-state index in [4.69, 9.17) is 9.97 Å². The van der Waals surface area contributed by atoms with Crippen LogP contribution in [0.15, 0.2) is 133 Å². The number of rotatable bonds is 3. The van der Waals surface area contributed by atoms with Crippen LogP contribution in [-0.4, -0.2) is 9.97 Å². The van der Waals surface area contributed by atoms with Crippen molar-refractivity contribution in [2.45, 2.75) is 19.3 Å². The predicted octanol–water partition coefficient (Wildman–Crippen LogP) is 10.7. The fraction of sp³-hybridized carbons (Fsp3) is 0.0698. The summed E-state index contributed by atoms with van der Waals surface area (Å²) in [5, 5.41) is 0. The molecule has 0 atom stereocenters. The Morgan fingerprint density at radius 1 is 0.426 bits per heavy atom. The molecule has 0 fully saturated rings. The summed E-state index contributed by atoms with van der Waals surface area (Å²) in [4.78, 5) is 10.4. The maximum Gasteiger partial charge on any atom is 0.123 e. The molecular formula is C43H28F2N2. The highest BCUT2D eigenvalue weighted by molar-refractivity contribution is 5.96. The number of halogens is 2. The van der Waals surface area contributed by atoms with Crippen molar-refractivity contribution in [3.8, 4) is 56.0 Å². The SMILES string of the molecule is Cc1cc(F)ccc1-c1nc(C)c(-c2ccc3c(c2)C2(c4ccccc4-c4ccccc42)c2ccccc2-3)nc1-c1ccc(F)cc1. The molecule has 1 spiro atoms. The van der Waals surface area contributed by atoms with Gasteiger partial charge in [0.2, 0.25) is 0 Å². The summed E-state index contributed by atoms with van der Waals surface area (Å²) in [6, 6.07) is 43.9. The van der Waals surface area contributed by atoms with Crippen LogP contribution in [-0.2, 0) is 5.41 Å². The van der Waals surface area contributed by atoms with Crippen molar-refractivity contribution < 1.29 is 8.78 Å². The van der Waals surface area contributed by atoms with E-state index in [1.54, 1.807) is 18.2 Å². The molecule has 2 nitrogen and oxygen atoms in total. The lowest BCUT2D eigenvalue weighted by Gasteiger charge is -2.30. The number of aryl methyl sites for hydroxylation is 2. The average Bonchev–Trinajstić information content (AvgIpc) is 3.56. The largest absolute Gasteiger partial charge is 0.249 e. The molecule has 2 aliphatic rings. The highest BCUT2D eigenvalue weighted by atomic mass is 19.1. The Morgan fingerprint density at radius 2 is 0.936 bits per heavy atom. The van der Waals surface area contributed by atoms with Gasteiger partial charge in [-0.3, -0.25) is 0 Å². The first-order valence-corrected chi connectivity index (χ1v) is 15.8. The Bertz CT molecular complexity index is 2340. The van der Waals surface area contributed by atoms with E-state index in [2.05, 4.69) is 91.0 Å². The maximum atomic E-state index is 14.1. The highest BCUT2D eigenvalue weighted by Gasteiger charge is 2.51. The lowest BCUT2D eigenvalue weighted by molar-refractivity contribution is 0.626. The molecule has 224 valence electrons. The van der Waals surface area contributed by atoms with E-state index >= 15 is 0 Å². The van der Waals surface area contributed by atoms with E-state index in [-0.39, 0.29) is 11.6 Å². The first-order valence-electron chi connectivity index (χ1n) is 15.8. The quantitative estimate of drug-likeness (QED) is 0.199. The Kier molecular flexibility index (Phi) is 5.94. The fourth-order valence-electron chi connectivity index (χ4n) is 7.92. The monoisotopic (exact) mass is 610 g/mol. The minimum atomic E-state index is -0.471. The molecular weight excluding hydrogens is 582 g/mol. The minimum absolute atomic E-state index is 0.306. The summed E-state index contributed by atoms with van der Waals surface area (Å²) < 4.78 is 28.2. The molecule has 0 amide bonds. The third-order valence-electron chi connectivity index (χ3n) is 9.90. The van der Waals surface area contributed by atoms with Crippen molar-refractivity contribution in [3.63, 3.8) is 0 Å². The van der Waals surface area contributed by atoms with Crippen LogP contribution in [0.1, 0.15) is 33.5 Å². The number of aromatic nitrogens is 2. The molecule has 47 heavy (non-hydrogen) atoms. The van der Waals surface area contributed by atoms with Crippen LogP contribution in [0, 0.1) is 25.5 Å². The zero-order valence-corrected chi connectivity index (χ0v) is 25.9. The maximum absolute atomic E-state index is 14.1. The van der Waals surface area contributed by atoms with Crippen molar-refractivity contribution in [1.82, 2.24) is 9.97 Å². The summed E-state index contributed by atoms with van der Waals surface area (Å²) in [6.07, 6.45) is 0. The van der Waals surface area contributed by atoms with Crippen LogP contribution < -0.4 is 0 Å². The zero-order chi connectivity index (χ0) is 31.9. The molecule has 1 heterocycles. The van der Waals surface area contributed by atoms with Crippen LogP contribution in [0.3, 0.4) is 0 Å². The molecule has 0 saturated carbocycles. The van der Waals surface area contributed by atoms with E-state index < -0.39 is 5.41 Å². The smallest absolute Gasteiger partial charge is 0.123 e. The van der Waals surface area contributed by atoms with Gasteiger partial charge in [-0.05, 0) is 112 Å². The van der Waals surface area contributed by atoms with Crippen molar-refractivity contribution in [2.75, 3.05) is 0 Å². The van der Waals surface area contributed by atoms with Gasteiger partial charge in [-0.2, -0.15) is 0 Å². The van der Waals surface area contributed by atoms with Gasteiger partial charge in [-0.25, -0.2) is 18.7 Å². The van der Waals surface area contributed by atoms with Gasteiger partial charge in [-0.1, -0.05) is 84.9 Å². The number of nitrogens with zero attached hydrogens (tertiary/aromatic N) is 2. The van der Waals surface area contributed by atoms with Gasteiger partial charge in [0.1, 0.15) is 11.6 Å². The number of fused-ring (bicyclic) bond motifs is 10. The molecule has 0 aliphatic heterocycles. The lowest BCUT2D eigenvalue weighted by atomic mass is 9.70. The van der Waals surface area contributed by atoms with Crippen LogP contribution in [0.25, 0.3) is 56.0 Å². The topological polar surface area (TPSA) is 25.8 Å². The Morgan fingerprint density at radius 3 is 1.53 bits per heavy atom. The number of benzene rings is 6. The van der Waals surface area contributed by atoms with E-state index in [1.807, 2.05) is 13.8 Å². The van der Waals surface area contributed by atoms with Crippen LogP contribution in [0.2, 0.25) is 0 Å². The third-order valence-corrected chi connectivity index (χ3v) is 9.90. The fourth-order valence-corrected chi connectivity index (χ4v) is 7.92. The molecule has 9 rings (SSSR count). The summed E-state index contributed by atoms with van der Waals surface area (Å²) >= 11 is 0. The number of hydrogen-bond donors (Lipinski definition) is 0. The third kappa shape index (κ3) is 3.88. The summed E-state index contributed by atoms with van der Waals surface area (Å²) in [5.74, 6) is -0.631.